The number of amides is 1. The highest BCUT2D eigenvalue weighted by Crippen LogP contribution is 2.17. The number of rotatable bonds is 5. The zero-order valence-corrected chi connectivity index (χ0v) is 11.4. The molecule has 0 atom stereocenters. The van der Waals surface area contributed by atoms with E-state index < -0.39 is 0 Å². The van der Waals surface area contributed by atoms with Gasteiger partial charge in [-0.15, -0.1) is 0 Å². The lowest BCUT2D eigenvalue weighted by Crippen LogP contribution is -2.57. The lowest BCUT2D eigenvalue weighted by atomic mass is 10.1. The van der Waals surface area contributed by atoms with Gasteiger partial charge in [-0.25, -0.2) is 0 Å². The minimum absolute atomic E-state index is 0.0192. The van der Waals surface area contributed by atoms with E-state index >= 15 is 0 Å². The number of hydrogen-bond donors (Lipinski definition) is 0. The van der Waals surface area contributed by atoms with Gasteiger partial charge in [-0.05, 0) is 24.3 Å². The van der Waals surface area contributed by atoms with Gasteiger partial charge in [0, 0.05) is 12.4 Å². The molecule has 0 aliphatic carbocycles. The van der Waals surface area contributed by atoms with Crippen molar-refractivity contribution in [2.75, 3.05) is 19.7 Å². The van der Waals surface area contributed by atoms with Crippen molar-refractivity contribution in [3.63, 3.8) is 0 Å². The van der Waals surface area contributed by atoms with E-state index in [1.807, 2.05) is 12.1 Å². The maximum atomic E-state index is 11.9. The van der Waals surface area contributed by atoms with E-state index in [1.165, 1.54) is 0 Å². The van der Waals surface area contributed by atoms with Crippen LogP contribution in [0.3, 0.4) is 0 Å². The van der Waals surface area contributed by atoms with Crippen LogP contribution in [0.4, 0.5) is 0 Å². The summed E-state index contributed by atoms with van der Waals surface area (Å²) in [5.41, 5.74) is 0. The average Bonchev–Trinajstić information content (AvgIpc) is 2.50. The molecule has 1 amide bonds. The molecule has 3 rings (SSSR count). The molecule has 6 heteroatoms. The van der Waals surface area contributed by atoms with Crippen LogP contribution >= 0.6 is 0 Å². The van der Waals surface area contributed by atoms with Gasteiger partial charge in [-0.3, -0.25) is 14.8 Å². The van der Waals surface area contributed by atoms with Crippen molar-refractivity contribution in [2.45, 2.75) is 6.10 Å². The van der Waals surface area contributed by atoms with E-state index in [4.69, 9.17) is 9.47 Å². The first kappa shape index (κ1) is 13.4. The first-order valence-corrected chi connectivity index (χ1v) is 6.68. The molecule has 3 heterocycles. The molecule has 108 valence electrons. The van der Waals surface area contributed by atoms with Crippen LogP contribution in [0.1, 0.15) is 0 Å². The molecule has 1 saturated heterocycles. The third-order valence-corrected chi connectivity index (χ3v) is 3.13. The Balaban J connectivity index is 1.40. The Morgan fingerprint density at radius 3 is 2.43 bits per heavy atom. The second-order valence-corrected chi connectivity index (χ2v) is 4.70. The number of hydrogen-bond acceptors (Lipinski definition) is 5. The Morgan fingerprint density at radius 1 is 1.14 bits per heavy atom. The molecule has 0 bridgehead atoms. The zero-order chi connectivity index (χ0) is 14.5. The van der Waals surface area contributed by atoms with E-state index in [0.29, 0.717) is 18.8 Å². The first-order chi connectivity index (χ1) is 10.3. The fraction of sp³-hybridized carbons (Fsp3) is 0.267. The van der Waals surface area contributed by atoms with Crippen molar-refractivity contribution < 1.29 is 14.3 Å². The summed E-state index contributed by atoms with van der Waals surface area (Å²) in [7, 11) is 0. The second-order valence-electron chi connectivity index (χ2n) is 4.70. The highest BCUT2D eigenvalue weighted by Gasteiger charge is 2.32. The fourth-order valence-corrected chi connectivity index (χ4v) is 1.99. The molecule has 0 unspecified atom stereocenters. The molecule has 0 saturated carbocycles. The molecule has 1 fully saturated rings. The number of pyridine rings is 2. The molecule has 0 spiro atoms. The summed E-state index contributed by atoms with van der Waals surface area (Å²) in [5.74, 6) is 1.26. The van der Waals surface area contributed by atoms with E-state index in [-0.39, 0.29) is 18.6 Å². The lowest BCUT2D eigenvalue weighted by Gasteiger charge is -2.38. The maximum Gasteiger partial charge on any atom is 0.260 e. The molecule has 0 N–H and O–H groups in total. The molecule has 2 aromatic heterocycles. The SMILES string of the molecule is O=C(COc1cccnc1)N1CC(Oc2cccnc2)C1. The first-order valence-electron chi connectivity index (χ1n) is 6.68. The summed E-state index contributed by atoms with van der Waals surface area (Å²) in [5, 5.41) is 0. The minimum Gasteiger partial charge on any atom is -0.485 e. The quantitative estimate of drug-likeness (QED) is 0.824. The lowest BCUT2D eigenvalue weighted by molar-refractivity contribution is -0.142. The predicted molar refractivity (Wildman–Crippen MR) is 75.0 cm³/mol. The minimum atomic E-state index is -0.0510. The van der Waals surface area contributed by atoms with Crippen molar-refractivity contribution in [1.82, 2.24) is 14.9 Å². The Labute approximate surface area is 122 Å². The Kier molecular flexibility index (Phi) is 3.95. The number of ether oxygens (including phenoxy) is 2. The van der Waals surface area contributed by atoms with E-state index in [2.05, 4.69) is 9.97 Å². The summed E-state index contributed by atoms with van der Waals surface area (Å²) in [4.78, 5) is 21.5. The van der Waals surface area contributed by atoms with Crippen LogP contribution in [0.2, 0.25) is 0 Å². The molecule has 0 radical (unpaired) electrons. The van der Waals surface area contributed by atoms with Crippen LogP contribution in [0.5, 0.6) is 11.5 Å². The third-order valence-electron chi connectivity index (χ3n) is 3.13. The number of carbonyl (C=O) groups is 1. The van der Waals surface area contributed by atoms with Gasteiger partial charge in [0.25, 0.3) is 5.91 Å². The molecular weight excluding hydrogens is 270 g/mol. The van der Waals surface area contributed by atoms with Crippen molar-refractivity contribution in [1.29, 1.82) is 0 Å². The summed E-state index contributed by atoms with van der Waals surface area (Å²) in [6.45, 7) is 1.17. The third kappa shape index (κ3) is 3.47. The number of aromatic nitrogens is 2. The highest BCUT2D eigenvalue weighted by atomic mass is 16.5. The Morgan fingerprint density at radius 2 is 1.81 bits per heavy atom. The highest BCUT2D eigenvalue weighted by molar-refractivity contribution is 5.78. The fourth-order valence-electron chi connectivity index (χ4n) is 1.99. The second kappa shape index (κ2) is 6.21. The Hall–Kier alpha value is -2.63. The summed E-state index contributed by atoms with van der Waals surface area (Å²) < 4.78 is 11.1. The van der Waals surface area contributed by atoms with Crippen molar-refractivity contribution in [3.8, 4) is 11.5 Å². The van der Waals surface area contributed by atoms with Crippen LogP contribution in [-0.2, 0) is 4.79 Å². The van der Waals surface area contributed by atoms with Gasteiger partial charge in [0.15, 0.2) is 6.61 Å². The van der Waals surface area contributed by atoms with Gasteiger partial charge in [0.05, 0.1) is 25.5 Å². The van der Waals surface area contributed by atoms with Gasteiger partial charge in [-0.1, -0.05) is 0 Å². The normalized spacial score (nSPS) is 14.4. The van der Waals surface area contributed by atoms with E-state index in [9.17, 15) is 4.79 Å². The Bertz CT molecular complexity index is 586. The molecular formula is C15H15N3O3. The van der Waals surface area contributed by atoms with Gasteiger partial charge in [0.2, 0.25) is 0 Å². The number of carbonyl (C=O) groups excluding carboxylic acids is 1. The molecule has 6 nitrogen and oxygen atoms in total. The van der Waals surface area contributed by atoms with Crippen LogP contribution in [0, 0.1) is 0 Å². The molecule has 21 heavy (non-hydrogen) atoms. The zero-order valence-electron chi connectivity index (χ0n) is 11.4. The molecule has 0 aromatic carbocycles. The van der Waals surface area contributed by atoms with Crippen LogP contribution < -0.4 is 9.47 Å². The molecule has 1 aliphatic rings. The molecule has 2 aromatic rings. The maximum absolute atomic E-state index is 11.9. The average molecular weight is 285 g/mol. The van der Waals surface area contributed by atoms with Gasteiger partial charge in [-0.2, -0.15) is 0 Å². The van der Waals surface area contributed by atoms with Gasteiger partial charge >= 0.3 is 0 Å². The van der Waals surface area contributed by atoms with Crippen molar-refractivity contribution in [3.05, 3.63) is 49.1 Å². The van der Waals surface area contributed by atoms with Crippen LogP contribution in [0.25, 0.3) is 0 Å². The smallest absolute Gasteiger partial charge is 0.260 e. The van der Waals surface area contributed by atoms with E-state index in [0.717, 1.165) is 5.75 Å². The standard InChI is InChI=1S/C15H15N3O3/c19-15(11-20-12-3-1-5-16-7-12)18-9-14(10-18)21-13-4-2-6-17-8-13/h1-8,14H,9-11H2. The monoisotopic (exact) mass is 285 g/mol. The summed E-state index contributed by atoms with van der Waals surface area (Å²) in [6, 6.07) is 7.20. The van der Waals surface area contributed by atoms with Crippen molar-refractivity contribution >= 4 is 5.91 Å². The van der Waals surface area contributed by atoms with E-state index in [1.54, 1.807) is 41.8 Å². The summed E-state index contributed by atoms with van der Waals surface area (Å²) in [6.07, 6.45) is 6.62. The summed E-state index contributed by atoms with van der Waals surface area (Å²) >= 11 is 0. The van der Waals surface area contributed by atoms with Gasteiger partial charge < -0.3 is 14.4 Å². The van der Waals surface area contributed by atoms with Crippen molar-refractivity contribution in [2.24, 2.45) is 0 Å². The van der Waals surface area contributed by atoms with Gasteiger partial charge in [0.1, 0.15) is 17.6 Å². The largest absolute Gasteiger partial charge is 0.485 e. The number of likely N-dealkylation sites (tertiary alicyclic amines) is 1. The number of nitrogens with zero attached hydrogens (tertiary/aromatic N) is 3. The molecule has 1 aliphatic heterocycles. The predicted octanol–water partition coefficient (Wildman–Crippen LogP) is 1.15. The topological polar surface area (TPSA) is 64.5 Å². The van der Waals surface area contributed by atoms with Crippen LogP contribution in [0.15, 0.2) is 49.1 Å². The van der Waals surface area contributed by atoms with Crippen LogP contribution in [-0.4, -0.2) is 46.6 Å².